The largest absolute Gasteiger partial charge is 0.382 e. The van der Waals surface area contributed by atoms with Crippen LogP contribution in [0.25, 0.3) is 0 Å². The quantitative estimate of drug-likeness (QED) is 0.869. The summed E-state index contributed by atoms with van der Waals surface area (Å²) in [6, 6.07) is 8.98. The summed E-state index contributed by atoms with van der Waals surface area (Å²) in [6.45, 7) is 3.72. The van der Waals surface area contributed by atoms with Gasteiger partial charge in [0.15, 0.2) is 0 Å². The molecule has 0 aromatic heterocycles. The molecule has 0 radical (unpaired) electrons. The SMILES string of the molecule is CCC1CC(Nc2cccc(COC)c2)CCO1. The molecule has 100 valence electrons. The van der Waals surface area contributed by atoms with Crippen molar-refractivity contribution in [1.29, 1.82) is 0 Å². The third kappa shape index (κ3) is 3.72. The maximum Gasteiger partial charge on any atom is 0.0713 e. The lowest BCUT2D eigenvalue weighted by Crippen LogP contribution is -2.33. The first-order valence-electron chi connectivity index (χ1n) is 6.77. The zero-order valence-corrected chi connectivity index (χ0v) is 11.3. The summed E-state index contributed by atoms with van der Waals surface area (Å²) in [4.78, 5) is 0. The molecule has 0 aliphatic carbocycles. The molecule has 3 heteroatoms. The van der Waals surface area contributed by atoms with Crippen LogP contribution in [0.2, 0.25) is 0 Å². The van der Waals surface area contributed by atoms with Crippen molar-refractivity contribution >= 4 is 5.69 Å². The lowest BCUT2D eigenvalue weighted by atomic mass is 10.0. The smallest absolute Gasteiger partial charge is 0.0713 e. The summed E-state index contributed by atoms with van der Waals surface area (Å²) < 4.78 is 10.9. The lowest BCUT2D eigenvalue weighted by Gasteiger charge is -2.30. The average Bonchev–Trinajstić information content (AvgIpc) is 2.40. The number of methoxy groups -OCH3 is 1. The van der Waals surface area contributed by atoms with Gasteiger partial charge in [-0.05, 0) is 37.0 Å². The van der Waals surface area contributed by atoms with Crippen molar-refractivity contribution < 1.29 is 9.47 Å². The van der Waals surface area contributed by atoms with Crippen molar-refractivity contribution in [1.82, 2.24) is 0 Å². The summed E-state index contributed by atoms with van der Waals surface area (Å²) in [5, 5.41) is 3.61. The van der Waals surface area contributed by atoms with Gasteiger partial charge in [-0.15, -0.1) is 0 Å². The number of anilines is 1. The zero-order valence-electron chi connectivity index (χ0n) is 11.3. The van der Waals surface area contributed by atoms with Gasteiger partial charge in [-0.3, -0.25) is 0 Å². The molecule has 2 unspecified atom stereocenters. The Kier molecular flexibility index (Phi) is 5.02. The standard InChI is InChI=1S/C15H23NO2/c1-3-15-10-14(7-8-18-15)16-13-6-4-5-12(9-13)11-17-2/h4-6,9,14-16H,3,7-8,10-11H2,1-2H3. The third-order valence-corrected chi connectivity index (χ3v) is 3.43. The van der Waals surface area contributed by atoms with Crippen LogP contribution >= 0.6 is 0 Å². The van der Waals surface area contributed by atoms with Gasteiger partial charge >= 0.3 is 0 Å². The minimum atomic E-state index is 0.415. The highest BCUT2D eigenvalue weighted by molar-refractivity contribution is 5.46. The van der Waals surface area contributed by atoms with E-state index >= 15 is 0 Å². The van der Waals surface area contributed by atoms with Gasteiger partial charge < -0.3 is 14.8 Å². The predicted octanol–water partition coefficient (Wildman–Crippen LogP) is 3.20. The first-order valence-corrected chi connectivity index (χ1v) is 6.77. The van der Waals surface area contributed by atoms with Crippen LogP contribution in [0.1, 0.15) is 31.7 Å². The third-order valence-electron chi connectivity index (χ3n) is 3.43. The van der Waals surface area contributed by atoms with Gasteiger partial charge in [-0.1, -0.05) is 19.1 Å². The molecule has 1 fully saturated rings. The van der Waals surface area contributed by atoms with Crippen LogP contribution in [0, 0.1) is 0 Å². The van der Waals surface area contributed by atoms with Gasteiger partial charge in [0, 0.05) is 25.4 Å². The fourth-order valence-electron chi connectivity index (χ4n) is 2.45. The molecule has 1 aliphatic rings. The number of nitrogens with one attached hydrogen (secondary N) is 1. The minimum absolute atomic E-state index is 0.415. The number of hydrogen-bond donors (Lipinski definition) is 1. The highest BCUT2D eigenvalue weighted by Gasteiger charge is 2.20. The van der Waals surface area contributed by atoms with Crippen LogP contribution in [0.15, 0.2) is 24.3 Å². The average molecular weight is 249 g/mol. The summed E-state index contributed by atoms with van der Waals surface area (Å²) in [6.07, 6.45) is 3.70. The zero-order chi connectivity index (χ0) is 12.8. The molecule has 0 bridgehead atoms. The van der Waals surface area contributed by atoms with Crippen molar-refractivity contribution in [2.24, 2.45) is 0 Å². The fraction of sp³-hybridized carbons (Fsp3) is 0.600. The molecule has 1 aromatic rings. The van der Waals surface area contributed by atoms with Gasteiger partial charge in [0.1, 0.15) is 0 Å². The Bertz CT molecular complexity index is 367. The van der Waals surface area contributed by atoms with Gasteiger partial charge in [0.05, 0.1) is 12.7 Å². The van der Waals surface area contributed by atoms with E-state index in [4.69, 9.17) is 9.47 Å². The molecule has 1 N–H and O–H groups in total. The molecule has 2 atom stereocenters. The van der Waals surface area contributed by atoms with Gasteiger partial charge in [0.2, 0.25) is 0 Å². The Morgan fingerprint density at radius 1 is 1.44 bits per heavy atom. The van der Waals surface area contributed by atoms with Gasteiger partial charge in [-0.25, -0.2) is 0 Å². The van der Waals surface area contributed by atoms with Crippen LogP contribution < -0.4 is 5.32 Å². The Labute approximate surface area is 109 Å². The molecule has 1 saturated heterocycles. The maximum atomic E-state index is 5.70. The van der Waals surface area contributed by atoms with E-state index in [1.54, 1.807) is 7.11 Å². The number of rotatable bonds is 5. The van der Waals surface area contributed by atoms with E-state index in [9.17, 15) is 0 Å². The van der Waals surface area contributed by atoms with Crippen molar-refractivity contribution in [3.63, 3.8) is 0 Å². The first-order chi connectivity index (χ1) is 8.81. The topological polar surface area (TPSA) is 30.5 Å². The molecule has 1 heterocycles. The first kappa shape index (κ1) is 13.4. The van der Waals surface area contributed by atoms with Crippen molar-refractivity contribution in [2.45, 2.75) is 44.9 Å². The molecular weight excluding hydrogens is 226 g/mol. The second-order valence-corrected chi connectivity index (χ2v) is 4.90. The number of hydrogen-bond acceptors (Lipinski definition) is 3. The Hall–Kier alpha value is -1.06. The van der Waals surface area contributed by atoms with Crippen LogP contribution in [-0.4, -0.2) is 25.9 Å². The van der Waals surface area contributed by atoms with Crippen molar-refractivity contribution in [3.05, 3.63) is 29.8 Å². The normalized spacial score (nSPS) is 23.9. The molecule has 1 aliphatic heterocycles. The summed E-state index contributed by atoms with van der Waals surface area (Å²) in [5.41, 5.74) is 2.40. The molecule has 3 nitrogen and oxygen atoms in total. The van der Waals surface area contributed by atoms with E-state index in [1.165, 1.54) is 11.3 Å². The van der Waals surface area contributed by atoms with E-state index < -0.39 is 0 Å². The van der Waals surface area contributed by atoms with Crippen LogP contribution in [0.5, 0.6) is 0 Å². The molecule has 0 saturated carbocycles. The molecular formula is C15H23NO2. The summed E-state index contributed by atoms with van der Waals surface area (Å²) in [7, 11) is 1.73. The second kappa shape index (κ2) is 6.76. The van der Waals surface area contributed by atoms with Gasteiger partial charge in [0.25, 0.3) is 0 Å². The molecule has 0 spiro atoms. The van der Waals surface area contributed by atoms with E-state index in [1.807, 2.05) is 0 Å². The summed E-state index contributed by atoms with van der Waals surface area (Å²) in [5.74, 6) is 0. The Balaban J connectivity index is 1.93. The molecule has 18 heavy (non-hydrogen) atoms. The van der Waals surface area contributed by atoms with Crippen LogP contribution in [0.4, 0.5) is 5.69 Å². The maximum absolute atomic E-state index is 5.70. The van der Waals surface area contributed by atoms with Crippen LogP contribution in [-0.2, 0) is 16.1 Å². The van der Waals surface area contributed by atoms with Gasteiger partial charge in [-0.2, -0.15) is 0 Å². The number of benzene rings is 1. The second-order valence-electron chi connectivity index (χ2n) is 4.90. The van der Waals surface area contributed by atoms with Crippen molar-refractivity contribution in [3.8, 4) is 0 Å². The predicted molar refractivity (Wildman–Crippen MR) is 73.8 cm³/mol. The highest BCUT2D eigenvalue weighted by atomic mass is 16.5. The molecule has 2 rings (SSSR count). The fourth-order valence-corrected chi connectivity index (χ4v) is 2.45. The molecule has 0 amide bonds. The van der Waals surface area contributed by atoms with E-state index in [0.29, 0.717) is 18.8 Å². The van der Waals surface area contributed by atoms with E-state index in [2.05, 4.69) is 36.5 Å². The Morgan fingerprint density at radius 3 is 3.11 bits per heavy atom. The monoisotopic (exact) mass is 249 g/mol. The van der Waals surface area contributed by atoms with E-state index in [0.717, 1.165) is 25.9 Å². The van der Waals surface area contributed by atoms with Crippen LogP contribution in [0.3, 0.4) is 0 Å². The summed E-state index contributed by atoms with van der Waals surface area (Å²) >= 11 is 0. The highest BCUT2D eigenvalue weighted by Crippen LogP contribution is 2.21. The van der Waals surface area contributed by atoms with Crippen molar-refractivity contribution in [2.75, 3.05) is 19.0 Å². The van der Waals surface area contributed by atoms with E-state index in [-0.39, 0.29) is 0 Å². The minimum Gasteiger partial charge on any atom is -0.382 e. The Morgan fingerprint density at radius 2 is 2.33 bits per heavy atom. The molecule has 1 aromatic carbocycles. The lowest BCUT2D eigenvalue weighted by molar-refractivity contribution is 0.00925. The number of ether oxygens (including phenoxy) is 2.